The molecule has 130 valence electrons. The van der Waals surface area contributed by atoms with Gasteiger partial charge in [0, 0.05) is 11.6 Å². The van der Waals surface area contributed by atoms with Crippen LogP contribution in [-0.2, 0) is 11.3 Å². The van der Waals surface area contributed by atoms with E-state index >= 15 is 0 Å². The molecule has 24 heavy (non-hydrogen) atoms. The maximum atomic E-state index is 12.0. The number of benzene rings is 1. The minimum atomic E-state index is -0.103. The Morgan fingerprint density at radius 2 is 2.21 bits per heavy atom. The zero-order valence-electron chi connectivity index (χ0n) is 14.5. The van der Waals surface area contributed by atoms with E-state index in [0.29, 0.717) is 5.82 Å². The smallest absolute Gasteiger partial charge is 0.243 e. The van der Waals surface area contributed by atoms with Gasteiger partial charge >= 0.3 is 0 Å². The number of carbonyl (C=O) groups is 1. The molecule has 1 aromatic carbocycles. The van der Waals surface area contributed by atoms with E-state index in [1.807, 2.05) is 31.2 Å². The second-order valence-electron chi connectivity index (χ2n) is 5.84. The number of tetrazole rings is 1. The Hall–Kier alpha value is -2.44. The van der Waals surface area contributed by atoms with Crippen LogP contribution >= 0.6 is 0 Å². The lowest BCUT2D eigenvalue weighted by molar-refractivity contribution is -0.122. The summed E-state index contributed by atoms with van der Waals surface area (Å²) < 4.78 is 5.18. The van der Waals surface area contributed by atoms with Gasteiger partial charge in [-0.15, -0.1) is 10.2 Å². The number of nitrogens with one attached hydrogen (secondary N) is 1. The number of amides is 1. The van der Waals surface area contributed by atoms with Crippen LogP contribution < -0.4 is 10.1 Å². The van der Waals surface area contributed by atoms with Gasteiger partial charge in [0.2, 0.25) is 11.7 Å². The van der Waals surface area contributed by atoms with Crippen LogP contribution in [0.15, 0.2) is 24.3 Å². The van der Waals surface area contributed by atoms with Crippen molar-refractivity contribution < 1.29 is 9.53 Å². The van der Waals surface area contributed by atoms with Gasteiger partial charge in [-0.3, -0.25) is 4.79 Å². The molecule has 0 aliphatic rings. The first-order valence-corrected chi connectivity index (χ1v) is 8.34. The highest BCUT2D eigenvalue weighted by Crippen LogP contribution is 2.19. The van der Waals surface area contributed by atoms with Gasteiger partial charge < -0.3 is 10.1 Å². The monoisotopic (exact) mass is 331 g/mol. The lowest BCUT2D eigenvalue weighted by atomic mass is 10.1. The first-order chi connectivity index (χ1) is 11.6. The molecule has 2 rings (SSSR count). The largest absolute Gasteiger partial charge is 0.497 e. The number of unbranched alkanes of at least 4 members (excludes halogenated alkanes) is 2. The van der Waals surface area contributed by atoms with Crippen LogP contribution in [0.2, 0.25) is 0 Å². The van der Waals surface area contributed by atoms with Crippen molar-refractivity contribution in [3.05, 3.63) is 24.3 Å². The van der Waals surface area contributed by atoms with E-state index in [4.69, 9.17) is 4.74 Å². The predicted octanol–water partition coefficient (Wildman–Crippen LogP) is 2.43. The van der Waals surface area contributed by atoms with Gasteiger partial charge in [0.25, 0.3) is 0 Å². The molecule has 0 fully saturated rings. The molecule has 0 aliphatic carbocycles. The number of carbonyl (C=O) groups excluding carboxylic acids is 1. The van der Waals surface area contributed by atoms with Crippen LogP contribution in [0.5, 0.6) is 5.75 Å². The molecule has 0 saturated heterocycles. The minimum Gasteiger partial charge on any atom is -0.497 e. The third-order valence-electron chi connectivity index (χ3n) is 3.71. The topological polar surface area (TPSA) is 81.9 Å². The third-order valence-corrected chi connectivity index (χ3v) is 3.71. The zero-order chi connectivity index (χ0) is 17.4. The average molecular weight is 331 g/mol. The van der Waals surface area contributed by atoms with Crippen LogP contribution in [0.3, 0.4) is 0 Å². The van der Waals surface area contributed by atoms with Crippen molar-refractivity contribution in [1.29, 1.82) is 0 Å². The minimum absolute atomic E-state index is 0.0646. The van der Waals surface area contributed by atoms with Crippen molar-refractivity contribution >= 4 is 5.91 Å². The van der Waals surface area contributed by atoms with E-state index < -0.39 is 0 Å². The van der Waals surface area contributed by atoms with Gasteiger partial charge in [-0.05, 0) is 30.7 Å². The number of nitrogens with zero attached hydrogens (tertiary/aromatic N) is 4. The Morgan fingerprint density at radius 1 is 1.38 bits per heavy atom. The van der Waals surface area contributed by atoms with Crippen LogP contribution in [0.4, 0.5) is 0 Å². The predicted molar refractivity (Wildman–Crippen MR) is 91.6 cm³/mol. The molecule has 7 heteroatoms. The lowest BCUT2D eigenvalue weighted by Gasteiger charge is -2.12. The van der Waals surface area contributed by atoms with E-state index in [1.165, 1.54) is 17.6 Å². The first kappa shape index (κ1) is 17.9. The van der Waals surface area contributed by atoms with Crippen LogP contribution in [0.1, 0.15) is 39.5 Å². The molecule has 0 radical (unpaired) electrons. The SMILES string of the molecule is CCCCC[C@@H](C)NC(=O)Cn1nnc(-c2cccc(OC)c2)n1. The Labute approximate surface area is 142 Å². The van der Waals surface area contributed by atoms with Crippen LogP contribution in [0, 0.1) is 0 Å². The Morgan fingerprint density at radius 3 is 2.96 bits per heavy atom. The summed E-state index contributed by atoms with van der Waals surface area (Å²) in [5.41, 5.74) is 0.800. The second-order valence-corrected chi connectivity index (χ2v) is 5.84. The van der Waals surface area contributed by atoms with Crippen LogP contribution in [0.25, 0.3) is 11.4 Å². The fourth-order valence-corrected chi connectivity index (χ4v) is 2.41. The molecule has 7 nitrogen and oxygen atoms in total. The summed E-state index contributed by atoms with van der Waals surface area (Å²) >= 11 is 0. The van der Waals surface area contributed by atoms with E-state index in [9.17, 15) is 4.79 Å². The molecule has 0 saturated carbocycles. The summed E-state index contributed by atoms with van der Waals surface area (Å²) in [6.07, 6.45) is 4.48. The molecule has 1 atom stereocenters. The number of ether oxygens (including phenoxy) is 1. The summed E-state index contributed by atoms with van der Waals surface area (Å²) in [4.78, 5) is 13.4. The van der Waals surface area contributed by atoms with E-state index in [0.717, 1.165) is 24.2 Å². The van der Waals surface area contributed by atoms with Gasteiger partial charge in [0.1, 0.15) is 12.3 Å². The highest BCUT2D eigenvalue weighted by Gasteiger charge is 2.12. The van der Waals surface area contributed by atoms with Gasteiger partial charge in [0.15, 0.2) is 0 Å². The molecule has 0 unspecified atom stereocenters. The van der Waals surface area contributed by atoms with E-state index in [1.54, 1.807) is 7.11 Å². The molecule has 0 spiro atoms. The molecule has 0 aliphatic heterocycles. The van der Waals surface area contributed by atoms with Crippen molar-refractivity contribution in [3.8, 4) is 17.1 Å². The molecular formula is C17H25N5O2. The summed E-state index contributed by atoms with van der Waals surface area (Å²) in [5.74, 6) is 1.09. The zero-order valence-corrected chi connectivity index (χ0v) is 14.5. The maximum absolute atomic E-state index is 12.0. The van der Waals surface area contributed by atoms with Crippen molar-refractivity contribution in [3.63, 3.8) is 0 Å². The van der Waals surface area contributed by atoms with Gasteiger partial charge in [-0.1, -0.05) is 38.3 Å². The first-order valence-electron chi connectivity index (χ1n) is 8.34. The molecule has 1 amide bonds. The summed E-state index contributed by atoms with van der Waals surface area (Å²) in [7, 11) is 1.61. The molecular weight excluding hydrogens is 306 g/mol. The fourth-order valence-electron chi connectivity index (χ4n) is 2.41. The molecule has 2 aromatic rings. The number of methoxy groups -OCH3 is 1. The molecule has 1 aromatic heterocycles. The summed E-state index contributed by atoms with van der Waals surface area (Å²) in [6.45, 7) is 4.25. The van der Waals surface area contributed by atoms with Gasteiger partial charge in [0.05, 0.1) is 7.11 Å². The highest BCUT2D eigenvalue weighted by atomic mass is 16.5. The summed E-state index contributed by atoms with van der Waals surface area (Å²) in [5, 5.41) is 15.2. The quantitative estimate of drug-likeness (QED) is 0.714. The maximum Gasteiger partial charge on any atom is 0.243 e. The van der Waals surface area contributed by atoms with E-state index in [2.05, 4.69) is 27.7 Å². The standard InChI is InChI=1S/C17H25N5O2/c1-4-5-6-8-13(2)18-16(23)12-22-20-17(19-21-22)14-9-7-10-15(11-14)24-3/h7,9-11,13H,4-6,8,12H2,1-3H3,(H,18,23)/t13-/m1/s1. The highest BCUT2D eigenvalue weighted by molar-refractivity contribution is 5.75. The Balaban J connectivity index is 1.90. The number of aromatic nitrogens is 4. The molecule has 1 heterocycles. The molecule has 1 N–H and O–H groups in total. The average Bonchev–Trinajstić information content (AvgIpc) is 3.03. The van der Waals surface area contributed by atoms with Crippen molar-refractivity contribution in [2.45, 2.75) is 52.1 Å². The van der Waals surface area contributed by atoms with Gasteiger partial charge in [-0.2, -0.15) is 4.80 Å². The second kappa shape index (κ2) is 9.00. The van der Waals surface area contributed by atoms with Crippen molar-refractivity contribution in [1.82, 2.24) is 25.5 Å². The van der Waals surface area contributed by atoms with Crippen molar-refractivity contribution in [2.75, 3.05) is 7.11 Å². The fraction of sp³-hybridized carbons (Fsp3) is 0.529. The number of rotatable bonds is 9. The van der Waals surface area contributed by atoms with Crippen molar-refractivity contribution in [2.24, 2.45) is 0 Å². The normalized spacial score (nSPS) is 12.0. The van der Waals surface area contributed by atoms with Gasteiger partial charge in [-0.25, -0.2) is 0 Å². The molecule has 0 bridgehead atoms. The number of hydrogen-bond acceptors (Lipinski definition) is 5. The van der Waals surface area contributed by atoms with E-state index in [-0.39, 0.29) is 18.5 Å². The third kappa shape index (κ3) is 5.33. The lowest BCUT2D eigenvalue weighted by Crippen LogP contribution is -2.35. The van der Waals surface area contributed by atoms with Crippen LogP contribution in [-0.4, -0.2) is 39.3 Å². The summed E-state index contributed by atoms with van der Waals surface area (Å²) in [6, 6.07) is 7.57. The Kier molecular flexibility index (Phi) is 6.72. The number of hydrogen-bond donors (Lipinski definition) is 1. The Bertz CT molecular complexity index is 656.